The first-order chi connectivity index (χ1) is 14.8. The Morgan fingerprint density at radius 2 is 1.84 bits per heavy atom. The van der Waals surface area contributed by atoms with Gasteiger partial charge in [0.15, 0.2) is 4.91 Å². The molecular formula is C23H20N2O3S3. The van der Waals surface area contributed by atoms with Gasteiger partial charge in [-0.05, 0) is 49.1 Å². The standard InChI is InChI=1S/C23H20N2O3S3/c1-4-13-25-22(26)20(14-17-7-9-18(29-3)10-8-17)30-23(25)21(15-24)31(27,28)19-11-5-16(2)6-12-19/h4-12,14H,1,13H2,2-3H3/b20-14-,23-21+. The molecule has 0 aliphatic heterocycles. The molecule has 0 saturated carbocycles. The quantitative estimate of drug-likeness (QED) is 0.410. The van der Waals surface area contributed by atoms with Crippen LogP contribution in [-0.4, -0.2) is 19.2 Å². The van der Waals surface area contributed by atoms with Gasteiger partial charge in [-0.1, -0.05) is 35.9 Å². The number of sulfone groups is 1. The lowest BCUT2D eigenvalue weighted by Gasteiger charge is -2.04. The van der Waals surface area contributed by atoms with E-state index in [2.05, 4.69) is 6.58 Å². The number of hydrogen-bond donors (Lipinski definition) is 0. The van der Waals surface area contributed by atoms with Crippen LogP contribution in [0.5, 0.6) is 0 Å². The Labute approximate surface area is 189 Å². The van der Waals surface area contributed by atoms with Crippen molar-refractivity contribution in [3.05, 3.63) is 91.9 Å². The van der Waals surface area contributed by atoms with Gasteiger partial charge in [-0.15, -0.1) is 29.7 Å². The summed E-state index contributed by atoms with van der Waals surface area (Å²) in [5, 5.41) is 9.76. The van der Waals surface area contributed by atoms with Gasteiger partial charge in [0.25, 0.3) is 5.56 Å². The first-order valence-electron chi connectivity index (χ1n) is 9.24. The van der Waals surface area contributed by atoms with Crippen molar-refractivity contribution in [3.63, 3.8) is 0 Å². The van der Waals surface area contributed by atoms with Crippen LogP contribution in [0.1, 0.15) is 11.1 Å². The molecule has 158 valence electrons. The summed E-state index contributed by atoms with van der Waals surface area (Å²) in [5.74, 6) is 0. The lowest BCUT2D eigenvalue weighted by atomic mass is 10.2. The minimum Gasteiger partial charge on any atom is -0.293 e. The summed E-state index contributed by atoms with van der Waals surface area (Å²) in [7, 11) is -4.09. The van der Waals surface area contributed by atoms with Crippen molar-refractivity contribution in [3.8, 4) is 6.07 Å². The molecule has 5 nitrogen and oxygen atoms in total. The molecule has 0 fully saturated rings. The molecule has 0 atom stereocenters. The fourth-order valence-electron chi connectivity index (χ4n) is 2.89. The van der Waals surface area contributed by atoms with E-state index in [1.54, 1.807) is 30.0 Å². The Balaban J connectivity index is 2.31. The van der Waals surface area contributed by atoms with Crippen molar-refractivity contribution in [1.29, 1.82) is 5.26 Å². The molecule has 0 spiro atoms. The van der Waals surface area contributed by atoms with Crippen molar-refractivity contribution in [1.82, 2.24) is 4.57 Å². The normalized spacial score (nSPS) is 13.0. The number of thiazole rings is 1. The van der Waals surface area contributed by atoms with Crippen LogP contribution in [0.3, 0.4) is 0 Å². The van der Waals surface area contributed by atoms with Gasteiger partial charge in [-0.3, -0.25) is 9.36 Å². The van der Waals surface area contributed by atoms with Crippen LogP contribution in [0.25, 0.3) is 11.0 Å². The summed E-state index contributed by atoms with van der Waals surface area (Å²) in [6, 6.07) is 15.8. The smallest absolute Gasteiger partial charge is 0.269 e. The van der Waals surface area contributed by atoms with E-state index < -0.39 is 14.7 Å². The number of aryl methyl sites for hydroxylation is 1. The van der Waals surface area contributed by atoms with Gasteiger partial charge in [-0.25, -0.2) is 8.42 Å². The van der Waals surface area contributed by atoms with E-state index in [9.17, 15) is 18.5 Å². The molecule has 0 bridgehead atoms. The average molecular weight is 469 g/mol. The second-order valence-electron chi connectivity index (χ2n) is 6.65. The summed E-state index contributed by atoms with van der Waals surface area (Å²) in [6.07, 6.45) is 5.18. The van der Waals surface area contributed by atoms with E-state index in [0.717, 1.165) is 27.4 Å². The third kappa shape index (κ3) is 4.74. The van der Waals surface area contributed by atoms with Crippen LogP contribution in [0.2, 0.25) is 0 Å². The SMILES string of the molecule is C=CCn1c(=O)/c(=C/c2ccc(SC)cc2)s/c1=C(\C#N)S(=O)(=O)c1ccc(C)cc1. The van der Waals surface area contributed by atoms with Crippen molar-refractivity contribution in [2.75, 3.05) is 6.26 Å². The fourth-order valence-corrected chi connectivity index (χ4v) is 5.95. The van der Waals surface area contributed by atoms with Gasteiger partial charge in [0, 0.05) is 11.4 Å². The monoisotopic (exact) mass is 468 g/mol. The maximum atomic E-state index is 13.2. The van der Waals surface area contributed by atoms with Crippen LogP contribution in [-0.2, 0) is 16.4 Å². The van der Waals surface area contributed by atoms with E-state index in [0.29, 0.717) is 4.53 Å². The summed E-state index contributed by atoms with van der Waals surface area (Å²) in [6.45, 7) is 5.60. The predicted molar refractivity (Wildman–Crippen MR) is 127 cm³/mol. The molecule has 31 heavy (non-hydrogen) atoms. The van der Waals surface area contributed by atoms with Gasteiger partial charge in [0.1, 0.15) is 10.7 Å². The van der Waals surface area contributed by atoms with Gasteiger partial charge in [-0.2, -0.15) is 5.26 Å². The number of nitrogens with zero attached hydrogens (tertiary/aromatic N) is 2. The lowest BCUT2D eigenvalue weighted by molar-refractivity contribution is 0.605. The summed E-state index contributed by atoms with van der Waals surface area (Å²) in [5.41, 5.74) is 1.36. The van der Waals surface area contributed by atoms with E-state index in [1.807, 2.05) is 43.5 Å². The second kappa shape index (κ2) is 9.52. The highest BCUT2D eigenvalue weighted by Gasteiger charge is 2.24. The number of aromatic nitrogens is 1. The number of nitriles is 1. The Morgan fingerprint density at radius 1 is 1.19 bits per heavy atom. The van der Waals surface area contributed by atoms with Crippen molar-refractivity contribution < 1.29 is 8.42 Å². The number of benzene rings is 2. The third-order valence-corrected chi connectivity index (χ3v) is 8.25. The minimum absolute atomic E-state index is 0.0128. The van der Waals surface area contributed by atoms with E-state index in [1.165, 1.54) is 22.8 Å². The Kier molecular flexibility index (Phi) is 7.01. The summed E-state index contributed by atoms with van der Waals surface area (Å²) < 4.78 is 28.1. The van der Waals surface area contributed by atoms with Crippen LogP contribution < -0.4 is 14.8 Å². The van der Waals surface area contributed by atoms with E-state index in [-0.39, 0.29) is 21.7 Å². The maximum Gasteiger partial charge on any atom is 0.269 e. The topological polar surface area (TPSA) is 79.9 Å². The average Bonchev–Trinajstić information content (AvgIpc) is 3.05. The van der Waals surface area contributed by atoms with Crippen LogP contribution >= 0.6 is 23.1 Å². The van der Waals surface area contributed by atoms with Gasteiger partial charge in [0.05, 0.1) is 9.43 Å². The molecule has 0 saturated heterocycles. The van der Waals surface area contributed by atoms with Crippen LogP contribution in [0, 0.1) is 18.3 Å². The van der Waals surface area contributed by atoms with E-state index >= 15 is 0 Å². The molecule has 0 amide bonds. The van der Waals surface area contributed by atoms with Crippen LogP contribution in [0.4, 0.5) is 0 Å². The molecule has 3 aromatic rings. The summed E-state index contributed by atoms with van der Waals surface area (Å²) >= 11 is 2.61. The summed E-state index contributed by atoms with van der Waals surface area (Å²) in [4.78, 5) is 13.7. The Morgan fingerprint density at radius 3 is 2.39 bits per heavy atom. The van der Waals surface area contributed by atoms with Gasteiger partial charge < -0.3 is 0 Å². The lowest BCUT2D eigenvalue weighted by Crippen LogP contribution is -2.32. The number of rotatable bonds is 6. The zero-order valence-electron chi connectivity index (χ0n) is 17.0. The molecule has 0 aliphatic carbocycles. The molecule has 0 unspecified atom stereocenters. The highest BCUT2D eigenvalue weighted by atomic mass is 32.2. The van der Waals surface area contributed by atoms with Crippen molar-refractivity contribution in [2.24, 2.45) is 0 Å². The van der Waals surface area contributed by atoms with E-state index in [4.69, 9.17) is 0 Å². The molecule has 2 aromatic carbocycles. The largest absolute Gasteiger partial charge is 0.293 e. The molecular weight excluding hydrogens is 448 g/mol. The zero-order chi connectivity index (χ0) is 22.6. The highest BCUT2D eigenvalue weighted by Crippen LogP contribution is 2.19. The highest BCUT2D eigenvalue weighted by molar-refractivity contribution is 8.00. The molecule has 0 aliphatic rings. The van der Waals surface area contributed by atoms with Crippen LogP contribution in [0.15, 0.2) is 75.8 Å². The Bertz CT molecular complexity index is 1440. The molecule has 0 N–H and O–H groups in total. The zero-order valence-corrected chi connectivity index (χ0v) is 19.5. The van der Waals surface area contributed by atoms with Crippen molar-refractivity contribution in [2.45, 2.75) is 23.3 Å². The van der Waals surface area contributed by atoms with Crippen molar-refractivity contribution >= 4 is 43.9 Å². The van der Waals surface area contributed by atoms with Gasteiger partial charge in [0.2, 0.25) is 9.84 Å². The number of hydrogen-bond acceptors (Lipinski definition) is 6. The van der Waals surface area contributed by atoms with Gasteiger partial charge >= 0.3 is 0 Å². The molecule has 0 radical (unpaired) electrons. The maximum absolute atomic E-state index is 13.2. The first kappa shape index (κ1) is 22.8. The minimum atomic E-state index is -4.09. The molecule has 1 aromatic heterocycles. The first-order valence-corrected chi connectivity index (χ1v) is 12.8. The molecule has 8 heteroatoms. The molecule has 3 rings (SSSR count). The number of allylic oxidation sites excluding steroid dienone is 1. The third-order valence-electron chi connectivity index (χ3n) is 4.53. The molecule has 1 heterocycles. The Hall–Kier alpha value is -2.86. The second-order valence-corrected chi connectivity index (χ2v) is 10.4. The number of thioether (sulfide) groups is 1. The fraction of sp³-hybridized carbons (Fsp3) is 0.130. The predicted octanol–water partition coefficient (Wildman–Crippen LogP) is 3.06.